The van der Waals surface area contributed by atoms with Crippen molar-refractivity contribution in [2.24, 2.45) is 0 Å². The van der Waals surface area contributed by atoms with Crippen LogP contribution in [0.3, 0.4) is 0 Å². The van der Waals surface area contributed by atoms with E-state index in [0.717, 1.165) is 5.69 Å². The number of hydrogen-bond donors (Lipinski definition) is 2. The first-order chi connectivity index (χ1) is 17.4. The van der Waals surface area contributed by atoms with Crippen LogP contribution in [0.5, 0.6) is 0 Å². The monoisotopic (exact) mass is 495 g/mol. The molecule has 1 aromatic carbocycles. The minimum absolute atomic E-state index is 0.112. The number of para-hydroxylation sites is 1. The lowest BCUT2D eigenvalue weighted by Crippen LogP contribution is -2.47. The molecule has 3 amide bonds. The molecule has 2 atom stereocenters. The molecule has 2 aromatic heterocycles. The van der Waals surface area contributed by atoms with E-state index in [1.165, 1.54) is 18.3 Å². The third-order valence-electron chi connectivity index (χ3n) is 6.27. The fourth-order valence-electron chi connectivity index (χ4n) is 4.39. The fourth-order valence-corrected chi connectivity index (χ4v) is 4.39. The van der Waals surface area contributed by atoms with Crippen molar-refractivity contribution in [3.63, 3.8) is 0 Å². The molecule has 11 heteroatoms. The van der Waals surface area contributed by atoms with Crippen molar-refractivity contribution in [2.75, 3.05) is 20.2 Å². The van der Waals surface area contributed by atoms with E-state index < -0.39 is 29.9 Å². The van der Waals surface area contributed by atoms with Gasteiger partial charge in [-0.15, -0.1) is 0 Å². The molecular weight excluding hydrogens is 466 g/mol. The zero-order valence-corrected chi connectivity index (χ0v) is 20.4. The van der Waals surface area contributed by atoms with Crippen LogP contribution in [0.15, 0.2) is 41.0 Å². The Labute approximate surface area is 207 Å². The number of nitrogens with zero attached hydrogens (tertiary/aromatic N) is 3. The average Bonchev–Trinajstić information content (AvgIpc) is 3.62. The molecule has 190 valence electrons. The second kappa shape index (κ2) is 10.6. The highest BCUT2D eigenvalue weighted by atomic mass is 16.5. The molecule has 0 unspecified atom stereocenters. The molecule has 2 N–H and O–H groups in total. The number of methoxy groups -OCH3 is 1. The smallest absolute Gasteiger partial charge is 0.325 e. The predicted octanol–water partition coefficient (Wildman–Crippen LogP) is 1.51. The number of benzene rings is 1. The summed E-state index contributed by atoms with van der Waals surface area (Å²) in [6, 6.07) is 7.47. The largest absolute Gasteiger partial charge is 0.468 e. The number of esters is 1. The summed E-state index contributed by atoms with van der Waals surface area (Å²) in [5, 5.41) is 10.5. The van der Waals surface area contributed by atoms with Crippen molar-refractivity contribution in [1.29, 1.82) is 0 Å². The van der Waals surface area contributed by atoms with Crippen LogP contribution in [0.4, 0.5) is 0 Å². The summed E-state index contributed by atoms with van der Waals surface area (Å²) >= 11 is 0. The molecule has 36 heavy (non-hydrogen) atoms. The Kier molecular flexibility index (Phi) is 7.37. The Morgan fingerprint density at radius 2 is 1.97 bits per heavy atom. The van der Waals surface area contributed by atoms with Gasteiger partial charge in [0.05, 0.1) is 18.4 Å². The molecule has 0 saturated carbocycles. The number of aryl methyl sites for hydroxylation is 2. The lowest BCUT2D eigenvalue weighted by Gasteiger charge is -2.23. The van der Waals surface area contributed by atoms with E-state index in [-0.39, 0.29) is 25.4 Å². The maximum absolute atomic E-state index is 13.5. The lowest BCUT2D eigenvalue weighted by atomic mass is 10.1. The summed E-state index contributed by atoms with van der Waals surface area (Å²) in [7, 11) is 1.22. The number of fused-ring (bicyclic) bond motifs is 1. The second-order valence-corrected chi connectivity index (χ2v) is 8.51. The predicted molar refractivity (Wildman–Crippen MR) is 129 cm³/mol. The van der Waals surface area contributed by atoms with Crippen molar-refractivity contribution in [3.05, 3.63) is 53.5 Å². The van der Waals surface area contributed by atoms with E-state index in [1.807, 2.05) is 13.8 Å². The molecule has 0 aliphatic carbocycles. The van der Waals surface area contributed by atoms with Gasteiger partial charge >= 0.3 is 5.97 Å². The van der Waals surface area contributed by atoms with Crippen molar-refractivity contribution in [1.82, 2.24) is 25.3 Å². The summed E-state index contributed by atoms with van der Waals surface area (Å²) in [4.78, 5) is 52.5. The number of aromatic nitrogens is 2. The molecule has 3 heterocycles. The second-order valence-electron chi connectivity index (χ2n) is 8.51. The fraction of sp³-hybridized carbons (Fsp3) is 0.400. The van der Waals surface area contributed by atoms with Gasteiger partial charge in [-0.1, -0.05) is 25.1 Å². The SMILES string of the molecule is CCc1cc(C(=O)N[C@@H]2C[C@@H](C(=O)NCC(=O)OC)N(C(=O)c3coc4ccccc34)C2)n(CC)n1. The molecule has 1 fully saturated rings. The Balaban J connectivity index is 1.57. The number of hydrogen-bond acceptors (Lipinski definition) is 7. The number of likely N-dealkylation sites (tertiary alicyclic amines) is 1. The first-order valence-electron chi connectivity index (χ1n) is 11.9. The maximum Gasteiger partial charge on any atom is 0.325 e. The Morgan fingerprint density at radius 1 is 1.19 bits per heavy atom. The van der Waals surface area contributed by atoms with E-state index >= 15 is 0 Å². The third-order valence-corrected chi connectivity index (χ3v) is 6.27. The summed E-state index contributed by atoms with van der Waals surface area (Å²) in [6.07, 6.45) is 2.25. The highest BCUT2D eigenvalue weighted by Crippen LogP contribution is 2.27. The standard InChI is InChI=1S/C25H29N5O6/c1-4-15-10-20(30(5-2)28-15)24(33)27-16-11-19(23(32)26-12-22(31)35-3)29(13-16)25(34)18-14-36-21-9-7-6-8-17(18)21/h6-10,14,16,19H,4-5,11-13H2,1-3H3,(H,26,32)(H,27,33)/t16-,19+/m1/s1. The van der Waals surface area contributed by atoms with Gasteiger partial charge in [0.2, 0.25) is 5.91 Å². The van der Waals surface area contributed by atoms with Crippen LogP contribution in [0, 0.1) is 0 Å². The average molecular weight is 496 g/mol. The van der Waals surface area contributed by atoms with E-state index in [1.54, 1.807) is 35.0 Å². The summed E-state index contributed by atoms with van der Waals surface area (Å²) in [5.41, 5.74) is 2.10. The molecule has 0 spiro atoms. The molecule has 0 bridgehead atoms. The van der Waals surface area contributed by atoms with Gasteiger partial charge in [0.15, 0.2) is 0 Å². The van der Waals surface area contributed by atoms with Gasteiger partial charge in [-0.2, -0.15) is 5.10 Å². The topological polar surface area (TPSA) is 136 Å². The number of carbonyl (C=O) groups excluding carboxylic acids is 4. The van der Waals surface area contributed by atoms with E-state index in [2.05, 4.69) is 20.5 Å². The normalized spacial score (nSPS) is 17.2. The van der Waals surface area contributed by atoms with Crippen LogP contribution in [-0.4, -0.2) is 70.7 Å². The highest BCUT2D eigenvalue weighted by Gasteiger charge is 2.41. The Bertz CT molecular complexity index is 1300. The van der Waals surface area contributed by atoms with Crippen LogP contribution in [0.25, 0.3) is 11.0 Å². The van der Waals surface area contributed by atoms with Crippen LogP contribution in [-0.2, 0) is 27.3 Å². The molecule has 0 radical (unpaired) electrons. The van der Waals surface area contributed by atoms with E-state index in [9.17, 15) is 19.2 Å². The number of nitrogens with one attached hydrogen (secondary N) is 2. The minimum Gasteiger partial charge on any atom is -0.468 e. The molecule has 1 aliphatic heterocycles. The zero-order chi connectivity index (χ0) is 25.8. The molecule has 4 rings (SSSR count). The third kappa shape index (κ3) is 4.95. The Hall–Kier alpha value is -4.15. The van der Waals surface area contributed by atoms with Crippen LogP contribution < -0.4 is 10.6 Å². The van der Waals surface area contributed by atoms with Crippen molar-refractivity contribution in [3.8, 4) is 0 Å². The van der Waals surface area contributed by atoms with Gasteiger partial charge in [0, 0.05) is 24.5 Å². The van der Waals surface area contributed by atoms with Gasteiger partial charge in [0.25, 0.3) is 11.8 Å². The van der Waals surface area contributed by atoms with Gasteiger partial charge in [0.1, 0.15) is 30.1 Å². The number of ether oxygens (including phenoxy) is 1. The Morgan fingerprint density at radius 3 is 2.69 bits per heavy atom. The maximum atomic E-state index is 13.5. The first kappa shape index (κ1) is 25.0. The van der Waals surface area contributed by atoms with Crippen molar-refractivity contribution >= 4 is 34.7 Å². The molecule has 1 saturated heterocycles. The summed E-state index contributed by atoms with van der Waals surface area (Å²) < 4.78 is 11.7. The van der Waals surface area contributed by atoms with E-state index in [0.29, 0.717) is 35.2 Å². The quantitative estimate of drug-likeness (QED) is 0.452. The van der Waals surface area contributed by atoms with Crippen LogP contribution in [0.1, 0.15) is 46.8 Å². The first-order valence-corrected chi connectivity index (χ1v) is 11.9. The number of carbonyl (C=O) groups is 4. The van der Waals surface area contributed by atoms with Gasteiger partial charge < -0.3 is 24.7 Å². The van der Waals surface area contributed by atoms with Crippen LogP contribution >= 0.6 is 0 Å². The number of rotatable bonds is 8. The van der Waals surface area contributed by atoms with Gasteiger partial charge in [-0.25, -0.2) is 0 Å². The molecule has 11 nitrogen and oxygen atoms in total. The molecule has 3 aromatic rings. The number of furan rings is 1. The van der Waals surface area contributed by atoms with Crippen molar-refractivity contribution in [2.45, 2.75) is 45.3 Å². The minimum atomic E-state index is -0.900. The lowest BCUT2D eigenvalue weighted by molar-refractivity contribution is -0.141. The van der Waals surface area contributed by atoms with E-state index in [4.69, 9.17) is 4.42 Å². The van der Waals surface area contributed by atoms with Gasteiger partial charge in [-0.05, 0) is 31.9 Å². The molecule has 1 aliphatic rings. The zero-order valence-electron chi connectivity index (χ0n) is 20.4. The summed E-state index contributed by atoms with van der Waals surface area (Å²) in [6.45, 7) is 4.18. The van der Waals surface area contributed by atoms with Crippen LogP contribution in [0.2, 0.25) is 0 Å². The summed E-state index contributed by atoms with van der Waals surface area (Å²) in [5.74, 6) is -1.85. The number of amides is 3. The molecular formula is C25H29N5O6. The van der Waals surface area contributed by atoms with Gasteiger partial charge in [-0.3, -0.25) is 23.9 Å². The highest BCUT2D eigenvalue weighted by molar-refractivity contribution is 6.07. The van der Waals surface area contributed by atoms with Crippen molar-refractivity contribution < 1.29 is 28.3 Å².